The van der Waals surface area contributed by atoms with E-state index in [1.807, 2.05) is 54.6 Å². The maximum Gasteiger partial charge on any atom is 0.225 e. The van der Waals surface area contributed by atoms with E-state index in [0.717, 1.165) is 22.6 Å². The number of hydrogen-bond acceptors (Lipinski definition) is 4. The molecule has 1 atom stereocenters. The minimum Gasteiger partial charge on any atom is -0.350 e. The second-order valence-corrected chi connectivity index (χ2v) is 6.86. The van der Waals surface area contributed by atoms with Gasteiger partial charge in [0, 0.05) is 24.7 Å². The number of aromatic amines is 1. The second kappa shape index (κ2) is 8.04. The summed E-state index contributed by atoms with van der Waals surface area (Å²) < 4.78 is 0. The van der Waals surface area contributed by atoms with E-state index < -0.39 is 0 Å². The molecular formula is C21H21N5O2. The van der Waals surface area contributed by atoms with Crippen molar-refractivity contribution in [1.82, 2.24) is 25.4 Å². The smallest absolute Gasteiger partial charge is 0.225 e. The Morgan fingerprint density at radius 2 is 2.00 bits per heavy atom. The monoisotopic (exact) mass is 375 g/mol. The van der Waals surface area contributed by atoms with E-state index >= 15 is 0 Å². The van der Waals surface area contributed by atoms with Gasteiger partial charge in [-0.1, -0.05) is 36.4 Å². The molecule has 2 amide bonds. The van der Waals surface area contributed by atoms with Crippen molar-refractivity contribution >= 4 is 11.8 Å². The number of likely N-dealkylation sites (tertiary alicyclic amines) is 1. The van der Waals surface area contributed by atoms with Gasteiger partial charge in [-0.25, -0.2) is 0 Å². The van der Waals surface area contributed by atoms with Gasteiger partial charge >= 0.3 is 0 Å². The van der Waals surface area contributed by atoms with Crippen molar-refractivity contribution in [1.29, 1.82) is 0 Å². The molecule has 2 aromatic heterocycles. The summed E-state index contributed by atoms with van der Waals surface area (Å²) in [7, 11) is 0. The molecule has 3 heterocycles. The van der Waals surface area contributed by atoms with Gasteiger partial charge in [-0.15, -0.1) is 0 Å². The molecule has 3 aromatic rings. The maximum absolute atomic E-state index is 12.5. The number of rotatable bonds is 6. The average molecular weight is 375 g/mol. The molecular weight excluding hydrogens is 354 g/mol. The topological polar surface area (TPSA) is 91.0 Å². The Bertz CT molecular complexity index is 955. The number of amides is 2. The lowest BCUT2D eigenvalue weighted by Gasteiger charge is -2.16. The van der Waals surface area contributed by atoms with Crippen molar-refractivity contribution in [2.24, 2.45) is 5.92 Å². The molecule has 0 aliphatic carbocycles. The van der Waals surface area contributed by atoms with E-state index in [2.05, 4.69) is 20.5 Å². The van der Waals surface area contributed by atoms with Crippen LogP contribution in [0.1, 0.15) is 17.8 Å². The number of benzene rings is 1. The zero-order valence-corrected chi connectivity index (χ0v) is 15.3. The number of nitrogens with one attached hydrogen (secondary N) is 2. The first-order valence-electron chi connectivity index (χ1n) is 9.24. The summed E-state index contributed by atoms with van der Waals surface area (Å²) in [6.07, 6.45) is 1.94. The average Bonchev–Trinajstić information content (AvgIpc) is 3.35. The molecule has 1 aliphatic heterocycles. The summed E-state index contributed by atoms with van der Waals surface area (Å²) in [6, 6.07) is 17.4. The molecule has 1 fully saturated rings. The summed E-state index contributed by atoms with van der Waals surface area (Å²) in [6.45, 7) is 1.20. The molecule has 1 aromatic carbocycles. The van der Waals surface area contributed by atoms with Gasteiger partial charge < -0.3 is 10.2 Å². The van der Waals surface area contributed by atoms with Crippen LogP contribution in [0, 0.1) is 5.92 Å². The molecule has 1 unspecified atom stereocenters. The lowest BCUT2D eigenvalue weighted by atomic mass is 10.1. The van der Waals surface area contributed by atoms with E-state index in [-0.39, 0.29) is 24.2 Å². The van der Waals surface area contributed by atoms with Crippen molar-refractivity contribution in [3.05, 3.63) is 72.2 Å². The summed E-state index contributed by atoms with van der Waals surface area (Å²) >= 11 is 0. The predicted octanol–water partition coefficient (Wildman–Crippen LogP) is 2.14. The normalized spacial score (nSPS) is 16.4. The highest BCUT2D eigenvalue weighted by atomic mass is 16.2. The van der Waals surface area contributed by atoms with Crippen molar-refractivity contribution in [3.63, 3.8) is 0 Å². The van der Waals surface area contributed by atoms with Crippen LogP contribution in [-0.4, -0.2) is 38.4 Å². The molecule has 0 bridgehead atoms. The summed E-state index contributed by atoms with van der Waals surface area (Å²) in [5, 5.41) is 10.1. The standard InChI is InChI=1S/C21H21N5O2/c27-20-10-16(13-26(20)14-17-8-4-5-9-22-17)21(28)23-12-18-11-19(25-24-18)15-6-2-1-3-7-15/h1-9,11,16H,10,12-14H2,(H,23,28)(H,24,25). The summed E-state index contributed by atoms with van der Waals surface area (Å²) in [4.78, 5) is 30.7. The van der Waals surface area contributed by atoms with Crippen molar-refractivity contribution in [2.45, 2.75) is 19.5 Å². The SMILES string of the molecule is O=C(NCc1cc(-c2ccccc2)n[nH]1)C1CC(=O)N(Cc2ccccn2)C1. The molecule has 1 aliphatic rings. The van der Waals surface area contributed by atoms with Gasteiger partial charge in [0.1, 0.15) is 0 Å². The number of pyridine rings is 1. The lowest BCUT2D eigenvalue weighted by Crippen LogP contribution is -2.32. The van der Waals surface area contributed by atoms with Crippen LogP contribution in [-0.2, 0) is 22.7 Å². The zero-order valence-electron chi connectivity index (χ0n) is 15.3. The summed E-state index contributed by atoms with van der Waals surface area (Å²) in [5.74, 6) is -0.473. The van der Waals surface area contributed by atoms with Gasteiger partial charge in [-0.3, -0.25) is 19.7 Å². The molecule has 1 saturated heterocycles. The fraction of sp³-hybridized carbons (Fsp3) is 0.238. The Hall–Kier alpha value is -3.48. The van der Waals surface area contributed by atoms with Gasteiger partial charge in [-0.2, -0.15) is 5.10 Å². The first-order valence-corrected chi connectivity index (χ1v) is 9.24. The molecule has 2 N–H and O–H groups in total. The highest BCUT2D eigenvalue weighted by Crippen LogP contribution is 2.20. The summed E-state index contributed by atoms with van der Waals surface area (Å²) in [5.41, 5.74) is 3.50. The van der Waals surface area contributed by atoms with Crippen molar-refractivity contribution in [3.8, 4) is 11.3 Å². The van der Waals surface area contributed by atoms with Gasteiger partial charge in [0.25, 0.3) is 0 Å². The van der Waals surface area contributed by atoms with Crippen LogP contribution in [0.15, 0.2) is 60.8 Å². The quantitative estimate of drug-likeness (QED) is 0.691. The molecule has 0 radical (unpaired) electrons. The predicted molar refractivity (Wildman–Crippen MR) is 104 cm³/mol. The first-order chi connectivity index (χ1) is 13.7. The molecule has 7 heteroatoms. The maximum atomic E-state index is 12.5. The van der Waals surface area contributed by atoms with E-state index in [1.165, 1.54) is 0 Å². The number of carbonyl (C=O) groups is 2. The van der Waals surface area contributed by atoms with Crippen LogP contribution in [0.3, 0.4) is 0 Å². The third-order valence-electron chi connectivity index (χ3n) is 4.82. The zero-order chi connectivity index (χ0) is 19.3. The van der Waals surface area contributed by atoms with Crippen LogP contribution in [0.2, 0.25) is 0 Å². The molecule has 7 nitrogen and oxygen atoms in total. The third-order valence-corrected chi connectivity index (χ3v) is 4.82. The molecule has 0 spiro atoms. The fourth-order valence-electron chi connectivity index (χ4n) is 3.32. The highest BCUT2D eigenvalue weighted by molar-refractivity contribution is 5.89. The number of carbonyl (C=O) groups excluding carboxylic acids is 2. The highest BCUT2D eigenvalue weighted by Gasteiger charge is 2.34. The lowest BCUT2D eigenvalue weighted by molar-refractivity contribution is -0.129. The van der Waals surface area contributed by atoms with Crippen LogP contribution in [0.25, 0.3) is 11.3 Å². The molecule has 28 heavy (non-hydrogen) atoms. The van der Waals surface area contributed by atoms with Crippen molar-refractivity contribution < 1.29 is 9.59 Å². The number of nitrogens with zero attached hydrogens (tertiary/aromatic N) is 3. The Balaban J connectivity index is 1.31. The minimum atomic E-state index is -0.340. The number of aromatic nitrogens is 3. The van der Waals surface area contributed by atoms with Crippen LogP contribution < -0.4 is 5.32 Å². The Labute approximate surface area is 162 Å². The van der Waals surface area contributed by atoms with Gasteiger partial charge in [0.15, 0.2) is 0 Å². The molecule has 0 saturated carbocycles. The first kappa shape index (κ1) is 17.9. The Morgan fingerprint density at radius 1 is 1.18 bits per heavy atom. The van der Waals surface area contributed by atoms with E-state index in [1.54, 1.807) is 11.1 Å². The van der Waals surface area contributed by atoms with E-state index in [0.29, 0.717) is 19.6 Å². The fourth-order valence-corrected chi connectivity index (χ4v) is 3.32. The molecule has 4 rings (SSSR count). The largest absolute Gasteiger partial charge is 0.350 e. The number of H-pyrrole nitrogens is 1. The van der Waals surface area contributed by atoms with Crippen molar-refractivity contribution in [2.75, 3.05) is 6.54 Å². The third kappa shape index (κ3) is 4.09. The van der Waals surface area contributed by atoms with Crippen LogP contribution in [0.5, 0.6) is 0 Å². The van der Waals surface area contributed by atoms with E-state index in [4.69, 9.17) is 0 Å². The molecule has 142 valence electrons. The number of hydrogen-bond donors (Lipinski definition) is 2. The van der Waals surface area contributed by atoms with Gasteiger partial charge in [0.05, 0.1) is 36.1 Å². The van der Waals surface area contributed by atoms with Gasteiger partial charge in [0.2, 0.25) is 11.8 Å². The Morgan fingerprint density at radius 3 is 2.79 bits per heavy atom. The Kier molecular flexibility index (Phi) is 5.14. The van der Waals surface area contributed by atoms with Crippen LogP contribution >= 0.6 is 0 Å². The van der Waals surface area contributed by atoms with E-state index in [9.17, 15) is 9.59 Å². The van der Waals surface area contributed by atoms with Gasteiger partial charge in [-0.05, 0) is 18.2 Å². The second-order valence-electron chi connectivity index (χ2n) is 6.86. The van der Waals surface area contributed by atoms with Crippen LogP contribution in [0.4, 0.5) is 0 Å². The minimum absolute atomic E-state index is 0.0151.